The second-order valence-electron chi connectivity index (χ2n) is 5.54. The smallest absolute Gasteiger partial charge is 0.227 e. The molecule has 0 aliphatic carbocycles. The monoisotopic (exact) mass is 316 g/mol. The molecule has 0 amide bonds. The first-order valence-corrected chi connectivity index (χ1v) is 7.13. The van der Waals surface area contributed by atoms with Gasteiger partial charge in [-0.1, -0.05) is 6.07 Å². The molecule has 2 atom stereocenters. The Morgan fingerprint density at radius 1 is 1.26 bits per heavy atom. The molecule has 2 aromatic rings. The minimum absolute atomic E-state index is 0.220. The summed E-state index contributed by atoms with van der Waals surface area (Å²) in [7, 11) is 0. The number of aryl methyl sites for hydroxylation is 1. The van der Waals surface area contributed by atoms with E-state index in [1.165, 1.54) is 6.07 Å². The van der Waals surface area contributed by atoms with Crippen molar-refractivity contribution >= 4 is 5.95 Å². The van der Waals surface area contributed by atoms with Crippen LogP contribution in [-0.4, -0.2) is 27.7 Å². The Hall–Kier alpha value is -2.59. The van der Waals surface area contributed by atoms with E-state index in [2.05, 4.69) is 9.97 Å². The van der Waals surface area contributed by atoms with Crippen molar-refractivity contribution in [1.29, 1.82) is 5.26 Å². The SMILES string of the molecule is Cc1cc(C#N)nc(N2CC(O)CC2c2ccc(F)c(F)c2)n1. The normalized spacial score (nSPS) is 20.6. The van der Waals surface area contributed by atoms with Gasteiger partial charge in [-0.2, -0.15) is 5.26 Å². The number of benzene rings is 1. The zero-order chi connectivity index (χ0) is 16.6. The van der Waals surface area contributed by atoms with Crippen LogP contribution in [-0.2, 0) is 0 Å². The van der Waals surface area contributed by atoms with Crippen LogP contribution in [0.1, 0.15) is 29.4 Å². The third-order valence-corrected chi connectivity index (χ3v) is 3.82. The topological polar surface area (TPSA) is 73.0 Å². The summed E-state index contributed by atoms with van der Waals surface area (Å²) in [5.74, 6) is -1.56. The lowest BCUT2D eigenvalue weighted by atomic mass is 10.0. The highest BCUT2D eigenvalue weighted by Crippen LogP contribution is 2.35. The van der Waals surface area contributed by atoms with Gasteiger partial charge in [0.05, 0.1) is 12.1 Å². The molecule has 1 N–H and O–H groups in total. The van der Waals surface area contributed by atoms with Crippen molar-refractivity contribution < 1.29 is 13.9 Å². The van der Waals surface area contributed by atoms with Crippen molar-refractivity contribution in [2.75, 3.05) is 11.4 Å². The van der Waals surface area contributed by atoms with Crippen molar-refractivity contribution in [3.05, 3.63) is 52.9 Å². The number of aliphatic hydroxyl groups is 1. The molecule has 1 aromatic carbocycles. The van der Waals surface area contributed by atoms with Gasteiger partial charge >= 0.3 is 0 Å². The standard InChI is InChI=1S/C16H14F2N4O/c1-9-4-11(7-19)21-16(20-9)22-8-12(23)6-15(22)10-2-3-13(17)14(18)5-10/h2-5,12,15,23H,6,8H2,1H3. The molecule has 1 fully saturated rings. The molecular formula is C16H14F2N4O. The van der Waals surface area contributed by atoms with E-state index >= 15 is 0 Å². The van der Waals surface area contributed by atoms with E-state index in [4.69, 9.17) is 5.26 Å². The van der Waals surface area contributed by atoms with E-state index < -0.39 is 17.7 Å². The van der Waals surface area contributed by atoms with E-state index in [1.54, 1.807) is 17.9 Å². The summed E-state index contributed by atoms with van der Waals surface area (Å²) in [6.45, 7) is 2.00. The molecule has 2 heterocycles. The van der Waals surface area contributed by atoms with Crippen molar-refractivity contribution in [3.63, 3.8) is 0 Å². The Morgan fingerprint density at radius 2 is 2.04 bits per heavy atom. The Morgan fingerprint density at radius 3 is 2.74 bits per heavy atom. The molecular weight excluding hydrogens is 302 g/mol. The molecule has 23 heavy (non-hydrogen) atoms. The number of aliphatic hydroxyl groups excluding tert-OH is 1. The first kappa shape index (κ1) is 15.3. The minimum atomic E-state index is -0.938. The molecule has 3 rings (SSSR count). The van der Waals surface area contributed by atoms with Crippen LogP contribution in [0.2, 0.25) is 0 Å². The fourth-order valence-electron chi connectivity index (χ4n) is 2.81. The van der Waals surface area contributed by atoms with Crippen LogP contribution in [0.4, 0.5) is 14.7 Å². The molecule has 2 unspecified atom stereocenters. The lowest BCUT2D eigenvalue weighted by molar-refractivity contribution is 0.194. The van der Waals surface area contributed by atoms with Crippen molar-refractivity contribution in [3.8, 4) is 6.07 Å². The van der Waals surface area contributed by atoms with E-state index in [-0.39, 0.29) is 18.3 Å². The zero-order valence-electron chi connectivity index (χ0n) is 12.4. The number of hydrogen-bond acceptors (Lipinski definition) is 5. The van der Waals surface area contributed by atoms with Crippen LogP contribution >= 0.6 is 0 Å². The third-order valence-electron chi connectivity index (χ3n) is 3.82. The van der Waals surface area contributed by atoms with Crippen LogP contribution in [0.5, 0.6) is 0 Å². The maximum absolute atomic E-state index is 13.5. The average Bonchev–Trinajstić information content (AvgIpc) is 2.91. The summed E-state index contributed by atoms with van der Waals surface area (Å²) in [5.41, 5.74) is 1.37. The van der Waals surface area contributed by atoms with Gasteiger partial charge in [-0.3, -0.25) is 0 Å². The summed E-state index contributed by atoms with van der Waals surface area (Å²) in [5, 5.41) is 19.0. The van der Waals surface area contributed by atoms with Crippen LogP contribution in [0.15, 0.2) is 24.3 Å². The van der Waals surface area contributed by atoms with Crippen LogP contribution in [0.25, 0.3) is 0 Å². The maximum Gasteiger partial charge on any atom is 0.227 e. The zero-order valence-corrected chi connectivity index (χ0v) is 12.4. The largest absolute Gasteiger partial charge is 0.391 e. The van der Waals surface area contributed by atoms with Crippen molar-refractivity contribution in [2.45, 2.75) is 25.5 Å². The summed E-state index contributed by atoms with van der Waals surface area (Å²) in [6, 6.07) is 6.80. The maximum atomic E-state index is 13.5. The number of halogens is 2. The summed E-state index contributed by atoms with van der Waals surface area (Å²) in [4.78, 5) is 10.2. The van der Waals surface area contributed by atoms with Gasteiger partial charge in [0.2, 0.25) is 5.95 Å². The molecule has 0 saturated carbocycles. The summed E-state index contributed by atoms with van der Waals surface area (Å²) < 4.78 is 26.6. The van der Waals surface area contributed by atoms with Gasteiger partial charge < -0.3 is 10.0 Å². The quantitative estimate of drug-likeness (QED) is 0.920. The number of nitriles is 1. The highest BCUT2D eigenvalue weighted by Gasteiger charge is 2.34. The number of rotatable bonds is 2. The fourth-order valence-corrected chi connectivity index (χ4v) is 2.81. The first-order valence-electron chi connectivity index (χ1n) is 7.13. The number of hydrogen-bond donors (Lipinski definition) is 1. The Kier molecular flexibility index (Phi) is 3.92. The highest BCUT2D eigenvalue weighted by atomic mass is 19.2. The third kappa shape index (κ3) is 2.98. The molecule has 1 aromatic heterocycles. The van der Waals surface area contributed by atoms with E-state index in [0.29, 0.717) is 23.6 Å². The van der Waals surface area contributed by atoms with Gasteiger partial charge in [-0.05, 0) is 37.1 Å². The number of nitrogens with zero attached hydrogens (tertiary/aromatic N) is 4. The van der Waals surface area contributed by atoms with Gasteiger partial charge in [-0.25, -0.2) is 18.7 Å². The van der Waals surface area contributed by atoms with Crippen LogP contribution in [0, 0.1) is 29.9 Å². The van der Waals surface area contributed by atoms with E-state index in [0.717, 1.165) is 12.1 Å². The molecule has 5 nitrogen and oxygen atoms in total. The molecule has 118 valence electrons. The molecule has 0 radical (unpaired) electrons. The highest BCUT2D eigenvalue weighted by molar-refractivity contribution is 5.42. The molecule has 1 saturated heterocycles. The molecule has 7 heteroatoms. The molecule has 1 aliphatic rings. The minimum Gasteiger partial charge on any atom is -0.391 e. The second kappa shape index (κ2) is 5.89. The predicted octanol–water partition coefficient (Wildman–Crippen LogP) is 2.25. The molecule has 1 aliphatic heterocycles. The second-order valence-corrected chi connectivity index (χ2v) is 5.54. The number of aromatic nitrogens is 2. The van der Waals surface area contributed by atoms with Crippen LogP contribution < -0.4 is 4.90 Å². The Bertz CT molecular complexity index is 790. The van der Waals surface area contributed by atoms with Gasteiger partial charge in [0.25, 0.3) is 0 Å². The van der Waals surface area contributed by atoms with Gasteiger partial charge in [0, 0.05) is 12.2 Å². The van der Waals surface area contributed by atoms with Crippen LogP contribution in [0.3, 0.4) is 0 Å². The number of anilines is 1. The van der Waals surface area contributed by atoms with Crippen molar-refractivity contribution in [2.24, 2.45) is 0 Å². The Balaban J connectivity index is 2.01. The lowest BCUT2D eigenvalue weighted by Gasteiger charge is -2.25. The average molecular weight is 316 g/mol. The molecule has 0 bridgehead atoms. The fraction of sp³-hybridized carbons (Fsp3) is 0.312. The molecule has 0 spiro atoms. The summed E-state index contributed by atoms with van der Waals surface area (Å²) >= 11 is 0. The van der Waals surface area contributed by atoms with Gasteiger partial charge in [0.1, 0.15) is 11.8 Å². The van der Waals surface area contributed by atoms with Gasteiger partial charge in [-0.15, -0.1) is 0 Å². The van der Waals surface area contributed by atoms with Gasteiger partial charge in [0.15, 0.2) is 11.6 Å². The lowest BCUT2D eigenvalue weighted by Crippen LogP contribution is -2.26. The predicted molar refractivity (Wildman–Crippen MR) is 78.6 cm³/mol. The van der Waals surface area contributed by atoms with E-state index in [1.807, 2.05) is 6.07 Å². The Labute approximate surface area is 131 Å². The number of β-amino-alcohol motifs (C(OH)–C–C–N with tert-alkyl or cyclic N) is 1. The summed E-state index contributed by atoms with van der Waals surface area (Å²) in [6.07, 6.45) is -0.285. The first-order chi connectivity index (χ1) is 11.0. The van der Waals surface area contributed by atoms with E-state index in [9.17, 15) is 13.9 Å². The van der Waals surface area contributed by atoms with Crippen molar-refractivity contribution in [1.82, 2.24) is 9.97 Å².